The predicted molar refractivity (Wildman–Crippen MR) is 52.3 cm³/mol. The number of fused-ring (bicyclic) bond motifs is 1. The summed E-state index contributed by atoms with van der Waals surface area (Å²) in [6, 6.07) is 0. The third kappa shape index (κ3) is 1.77. The quantitative estimate of drug-likeness (QED) is 0.578. The van der Waals surface area contributed by atoms with E-state index in [4.69, 9.17) is 17.0 Å². The Bertz CT molecular complexity index is 165. The fourth-order valence-corrected chi connectivity index (χ4v) is 2.26. The van der Waals surface area contributed by atoms with E-state index >= 15 is 0 Å². The molecule has 0 radical (unpaired) electrons. The number of hydrogen-bond donors (Lipinski definition) is 1. The van der Waals surface area contributed by atoms with Crippen molar-refractivity contribution in [1.82, 2.24) is 5.32 Å². The summed E-state index contributed by atoms with van der Waals surface area (Å²) in [6.45, 7) is 1.67. The van der Waals surface area contributed by atoms with E-state index in [-0.39, 0.29) is 0 Å². The van der Waals surface area contributed by atoms with Gasteiger partial charge in [-0.1, -0.05) is 25.1 Å². The topological polar surface area (TPSA) is 21.3 Å². The van der Waals surface area contributed by atoms with Crippen molar-refractivity contribution in [2.75, 3.05) is 13.2 Å². The van der Waals surface area contributed by atoms with E-state index in [1.165, 1.54) is 25.7 Å². The molecule has 1 saturated carbocycles. The van der Waals surface area contributed by atoms with Crippen molar-refractivity contribution in [2.45, 2.75) is 31.8 Å². The Morgan fingerprint density at radius 2 is 2.17 bits per heavy atom. The molecule has 68 valence electrons. The fraction of sp³-hybridized carbons (Fsp3) is 0.889. The van der Waals surface area contributed by atoms with Crippen molar-refractivity contribution in [1.29, 1.82) is 0 Å². The van der Waals surface area contributed by atoms with Crippen molar-refractivity contribution >= 4 is 17.2 Å². The van der Waals surface area contributed by atoms with Crippen LogP contribution in [0.3, 0.4) is 0 Å². The number of rotatable bonds is 0. The van der Waals surface area contributed by atoms with Crippen molar-refractivity contribution in [3.8, 4) is 0 Å². The summed E-state index contributed by atoms with van der Waals surface area (Å²) in [6.07, 6.45) is 5.70. The molecule has 1 heterocycles. The molecule has 2 atom stereocenters. The SMILES string of the molecule is S=C1COC2CCCCC2CN1. The van der Waals surface area contributed by atoms with Crippen LogP contribution in [0.2, 0.25) is 0 Å². The molecule has 0 aromatic heterocycles. The monoisotopic (exact) mass is 185 g/mol. The van der Waals surface area contributed by atoms with Crippen molar-refractivity contribution in [3.05, 3.63) is 0 Å². The standard InChI is InChI=1S/C9H15NOS/c12-9-6-11-8-4-2-1-3-7(8)5-10-9/h7-8H,1-6H2,(H,10,12). The van der Waals surface area contributed by atoms with E-state index in [0.29, 0.717) is 18.6 Å². The normalized spacial score (nSPS) is 36.5. The molecule has 0 spiro atoms. The second-order valence-electron chi connectivity index (χ2n) is 3.70. The molecule has 1 saturated heterocycles. The molecule has 12 heavy (non-hydrogen) atoms. The summed E-state index contributed by atoms with van der Waals surface area (Å²) in [4.78, 5) is 0.879. The molecule has 2 nitrogen and oxygen atoms in total. The van der Waals surface area contributed by atoms with Crippen LogP contribution < -0.4 is 5.32 Å². The minimum absolute atomic E-state index is 0.478. The minimum Gasteiger partial charge on any atom is -0.377 e. The molecule has 2 aliphatic rings. The molecule has 2 fully saturated rings. The summed E-state index contributed by atoms with van der Waals surface area (Å²) in [5.74, 6) is 0.708. The second-order valence-corrected chi connectivity index (χ2v) is 4.19. The zero-order valence-electron chi connectivity index (χ0n) is 7.21. The first-order valence-corrected chi connectivity index (χ1v) is 5.15. The van der Waals surface area contributed by atoms with Crippen LogP contribution in [0.25, 0.3) is 0 Å². The molecule has 1 aliphatic carbocycles. The molecule has 0 amide bonds. The highest BCUT2D eigenvalue weighted by atomic mass is 32.1. The van der Waals surface area contributed by atoms with Gasteiger partial charge in [-0.25, -0.2) is 0 Å². The van der Waals surface area contributed by atoms with Gasteiger partial charge in [0, 0.05) is 12.5 Å². The lowest BCUT2D eigenvalue weighted by Gasteiger charge is -2.28. The first-order chi connectivity index (χ1) is 5.86. The van der Waals surface area contributed by atoms with Gasteiger partial charge < -0.3 is 10.1 Å². The van der Waals surface area contributed by atoms with E-state index in [1.807, 2.05) is 0 Å². The van der Waals surface area contributed by atoms with E-state index < -0.39 is 0 Å². The zero-order chi connectivity index (χ0) is 8.39. The van der Waals surface area contributed by atoms with Crippen LogP contribution >= 0.6 is 12.2 Å². The molecule has 3 heteroatoms. The lowest BCUT2D eigenvalue weighted by atomic mass is 9.86. The Labute approximate surface area is 78.7 Å². The number of ether oxygens (including phenoxy) is 1. The van der Waals surface area contributed by atoms with Crippen LogP contribution in [0.5, 0.6) is 0 Å². The summed E-state index contributed by atoms with van der Waals surface area (Å²) >= 11 is 5.08. The largest absolute Gasteiger partial charge is 0.377 e. The Morgan fingerprint density at radius 3 is 3.08 bits per heavy atom. The van der Waals surface area contributed by atoms with E-state index in [9.17, 15) is 0 Å². The maximum atomic E-state index is 5.72. The Balaban J connectivity index is 1.98. The van der Waals surface area contributed by atoms with Gasteiger partial charge in [0.25, 0.3) is 0 Å². The van der Waals surface area contributed by atoms with Gasteiger partial charge in [-0.2, -0.15) is 0 Å². The van der Waals surface area contributed by atoms with Crippen LogP contribution in [0.4, 0.5) is 0 Å². The van der Waals surface area contributed by atoms with E-state index in [0.717, 1.165) is 11.5 Å². The zero-order valence-corrected chi connectivity index (χ0v) is 8.03. The van der Waals surface area contributed by atoms with Crippen molar-refractivity contribution < 1.29 is 4.74 Å². The van der Waals surface area contributed by atoms with Crippen LogP contribution in [-0.4, -0.2) is 24.2 Å². The van der Waals surface area contributed by atoms with Gasteiger partial charge in [0.2, 0.25) is 0 Å². The van der Waals surface area contributed by atoms with Crippen molar-refractivity contribution in [3.63, 3.8) is 0 Å². The Kier molecular flexibility index (Phi) is 2.61. The molecular weight excluding hydrogens is 170 g/mol. The van der Waals surface area contributed by atoms with Gasteiger partial charge in [-0.3, -0.25) is 0 Å². The third-order valence-electron chi connectivity index (χ3n) is 2.83. The molecule has 0 aromatic rings. The summed E-state index contributed by atoms with van der Waals surface area (Å²) in [5, 5.41) is 3.25. The van der Waals surface area contributed by atoms with Gasteiger partial charge in [-0.15, -0.1) is 0 Å². The molecule has 1 aliphatic heterocycles. The van der Waals surface area contributed by atoms with Crippen LogP contribution in [0, 0.1) is 5.92 Å². The molecule has 2 rings (SSSR count). The lowest BCUT2D eigenvalue weighted by molar-refractivity contribution is 0.0188. The second kappa shape index (κ2) is 3.71. The van der Waals surface area contributed by atoms with Gasteiger partial charge >= 0.3 is 0 Å². The summed E-state index contributed by atoms with van der Waals surface area (Å²) in [5.41, 5.74) is 0. The summed E-state index contributed by atoms with van der Waals surface area (Å²) in [7, 11) is 0. The highest BCUT2D eigenvalue weighted by molar-refractivity contribution is 7.80. The molecule has 2 unspecified atom stereocenters. The van der Waals surface area contributed by atoms with Gasteiger partial charge in [0.15, 0.2) is 0 Å². The molecule has 0 bridgehead atoms. The highest BCUT2D eigenvalue weighted by Crippen LogP contribution is 2.27. The predicted octanol–water partition coefficient (Wildman–Crippen LogP) is 1.49. The van der Waals surface area contributed by atoms with Crippen LogP contribution in [0.15, 0.2) is 0 Å². The Morgan fingerprint density at radius 1 is 1.33 bits per heavy atom. The Hall–Kier alpha value is -0.150. The van der Waals surface area contributed by atoms with Crippen molar-refractivity contribution in [2.24, 2.45) is 5.92 Å². The smallest absolute Gasteiger partial charge is 0.101 e. The van der Waals surface area contributed by atoms with E-state index in [1.54, 1.807) is 0 Å². The maximum Gasteiger partial charge on any atom is 0.101 e. The average Bonchev–Trinajstić information content (AvgIpc) is 2.29. The highest BCUT2D eigenvalue weighted by Gasteiger charge is 2.27. The van der Waals surface area contributed by atoms with E-state index in [2.05, 4.69) is 5.32 Å². The van der Waals surface area contributed by atoms with Crippen LogP contribution in [0.1, 0.15) is 25.7 Å². The first kappa shape index (κ1) is 8.45. The number of nitrogens with one attached hydrogen (secondary N) is 1. The molecule has 0 aromatic carbocycles. The first-order valence-electron chi connectivity index (χ1n) is 4.74. The average molecular weight is 185 g/mol. The van der Waals surface area contributed by atoms with Gasteiger partial charge in [-0.05, 0) is 12.8 Å². The van der Waals surface area contributed by atoms with Gasteiger partial charge in [0.05, 0.1) is 12.7 Å². The number of hydrogen-bond acceptors (Lipinski definition) is 2. The number of thiocarbonyl (C=S) groups is 1. The maximum absolute atomic E-state index is 5.72. The molecule has 1 N–H and O–H groups in total. The minimum atomic E-state index is 0.478. The third-order valence-corrected chi connectivity index (χ3v) is 3.09. The lowest BCUT2D eigenvalue weighted by Crippen LogP contribution is -2.32. The van der Waals surface area contributed by atoms with Gasteiger partial charge in [0.1, 0.15) is 4.99 Å². The molecular formula is C9H15NOS. The van der Waals surface area contributed by atoms with Crippen LogP contribution in [-0.2, 0) is 4.74 Å². The summed E-state index contributed by atoms with van der Waals surface area (Å²) < 4.78 is 5.72. The fourth-order valence-electron chi connectivity index (χ4n) is 2.11.